The largest absolute Gasteiger partial charge is 0.281 e. The van der Waals surface area contributed by atoms with E-state index >= 15 is 0 Å². The van der Waals surface area contributed by atoms with Gasteiger partial charge in [0.25, 0.3) is 0 Å². The van der Waals surface area contributed by atoms with Crippen molar-refractivity contribution in [1.82, 2.24) is 4.98 Å². The highest BCUT2D eigenvalue weighted by molar-refractivity contribution is 9.10. The van der Waals surface area contributed by atoms with Crippen molar-refractivity contribution in [2.45, 2.75) is 19.8 Å². The van der Waals surface area contributed by atoms with E-state index in [1.165, 1.54) is 0 Å². The Bertz CT molecular complexity index is 686. The molecule has 6 heteroatoms. The molecule has 0 unspecified atom stereocenters. The molecule has 0 aliphatic carbocycles. The van der Waals surface area contributed by atoms with Gasteiger partial charge in [-0.25, -0.2) is 8.42 Å². The Balaban J connectivity index is 2.39. The number of fused-ring (bicyclic) bond motifs is 1. The topological polar surface area (TPSA) is 59.1 Å². The second-order valence-corrected chi connectivity index (χ2v) is 6.97. The van der Waals surface area contributed by atoms with Crippen LogP contribution in [0.2, 0.25) is 0 Å². The highest BCUT2D eigenvalue weighted by Gasteiger charge is 2.13. The van der Waals surface area contributed by atoms with Gasteiger partial charge in [0.05, 0.1) is 17.0 Å². The minimum atomic E-state index is -3.31. The first kappa shape index (κ1) is 14.3. The molecule has 2 aromatic rings. The van der Waals surface area contributed by atoms with E-state index in [4.69, 9.17) is 0 Å². The molecule has 0 spiro atoms. The minimum Gasteiger partial charge on any atom is -0.281 e. The van der Waals surface area contributed by atoms with Crippen LogP contribution in [0.3, 0.4) is 0 Å². The molecule has 0 atom stereocenters. The van der Waals surface area contributed by atoms with Gasteiger partial charge in [-0.05, 0) is 24.6 Å². The van der Waals surface area contributed by atoms with Crippen LogP contribution < -0.4 is 4.72 Å². The average molecular weight is 343 g/mol. The number of benzene rings is 1. The second-order valence-electron chi connectivity index (χ2n) is 4.27. The number of hydrogen-bond acceptors (Lipinski definition) is 3. The summed E-state index contributed by atoms with van der Waals surface area (Å²) in [7, 11) is -3.31. The van der Waals surface area contributed by atoms with Crippen LogP contribution in [0.4, 0.5) is 5.69 Å². The first-order valence-corrected chi connectivity index (χ1v) is 8.52. The number of nitrogens with zero attached hydrogens (tertiary/aromatic N) is 1. The SMILES string of the molecule is CCCCS(=O)(=O)Nc1ccc(Br)c2cccnc12. The molecule has 0 aliphatic heterocycles. The number of hydrogen-bond donors (Lipinski definition) is 1. The average Bonchev–Trinajstić information content (AvgIpc) is 2.40. The van der Waals surface area contributed by atoms with Crippen LogP contribution in [0.25, 0.3) is 10.9 Å². The third-order valence-electron chi connectivity index (χ3n) is 2.75. The Morgan fingerprint density at radius 2 is 2.11 bits per heavy atom. The third kappa shape index (κ3) is 3.45. The number of unbranched alkanes of at least 4 members (excludes halogenated alkanes) is 1. The fourth-order valence-electron chi connectivity index (χ4n) is 1.77. The molecule has 0 saturated carbocycles. The Hall–Kier alpha value is -1.14. The summed E-state index contributed by atoms with van der Waals surface area (Å²) in [5.41, 5.74) is 1.17. The summed E-state index contributed by atoms with van der Waals surface area (Å²) in [6, 6.07) is 7.27. The van der Waals surface area contributed by atoms with Crippen molar-refractivity contribution in [3.63, 3.8) is 0 Å². The van der Waals surface area contributed by atoms with Crippen LogP contribution in [0.5, 0.6) is 0 Å². The van der Waals surface area contributed by atoms with E-state index in [0.29, 0.717) is 17.6 Å². The van der Waals surface area contributed by atoms with Gasteiger partial charge in [0.2, 0.25) is 10.0 Å². The molecule has 0 amide bonds. The number of rotatable bonds is 5. The van der Waals surface area contributed by atoms with Gasteiger partial charge in [0.1, 0.15) is 0 Å². The second kappa shape index (κ2) is 5.88. The number of pyridine rings is 1. The van der Waals surface area contributed by atoms with Crippen LogP contribution >= 0.6 is 15.9 Å². The molecule has 19 heavy (non-hydrogen) atoms. The Morgan fingerprint density at radius 3 is 2.84 bits per heavy atom. The molecule has 1 aromatic carbocycles. The van der Waals surface area contributed by atoms with Crippen LogP contribution in [-0.4, -0.2) is 19.2 Å². The maximum atomic E-state index is 11.9. The maximum absolute atomic E-state index is 11.9. The first-order chi connectivity index (χ1) is 9.03. The summed E-state index contributed by atoms with van der Waals surface area (Å²) < 4.78 is 27.4. The Labute approximate surface area is 121 Å². The quantitative estimate of drug-likeness (QED) is 0.903. The predicted octanol–water partition coefficient (Wildman–Crippen LogP) is 3.54. The van der Waals surface area contributed by atoms with E-state index in [1.807, 2.05) is 25.1 Å². The smallest absolute Gasteiger partial charge is 0.232 e. The molecule has 2 rings (SSSR count). The van der Waals surface area contributed by atoms with E-state index in [0.717, 1.165) is 16.3 Å². The molecule has 102 valence electrons. The van der Waals surface area contributed by atoms with Crippen molar-refractivity contribution < 1.29 is 8.42 Å². The van der Waals surface area contributed by atoms with Crippen LogP contribution in [0, 0.1) is 0 Å². The van der Waals surface area contributed by atoms with E-state index in [2.05, 4.69) is 25.6 Å². The lowest BCUT2D eigenvalue weighted by Crippen LogP contribution is -2.16. The lowest BCUT2D eigenvalue weighted by molar-refractivity contribution is 0.598. The van der Waals surface area contributed by atoms with E-state index < -0.39 is 10.0 Å². The molecule has 0 aliphatic rings. The first-order valence-electron chi connectivity index (χ1n) is 6.07. The van der Waals surface area contributed by atoms with Crippen molar-refractivity contribution in [1.29, 1.82) is 0 Å². The minimum absolute atomic E-state index is 0.133. The fraction of sp³-hybridized carbons (Fsp3) is 0.308. The van der Waals surface area contributed by atoms with Gasteiger partial charge in [-0.1, -0.05) is 35.3 Å². The van der Waals surface area contributed by atoms with Gasteiger partial charge < -0.3 is 0 Å². The van der Waals surface area contributed by atoms with Crippen LogP contribution in [0.15, 0.2) is 34.9 Å². The fourth-order valence-corrected chi connectivity index (χ4v) is 3.50. The monoisotopic (exact) mass is 342 g/mol. The predicted molar refractivity (Wildman–Crippen MR) is 81.8 cm³/mol. The summed E-state index contributed by atoms with van der Waals surface area (Å²) >= 11 is 3.44. The van der Waals surface area contributed by atoms with Gasteiger partial charge in [0.15, 0.2) is 0 Å². The number of nitrogens with one attached hydrogen (secondary N) is 1. The summed E-state index contributed by atoms with van der Waals surface area (Å²) in [6.45, 7) is 1.96. The molecule has 4 nitrogen and oxygen atoms in total. The van der Waals surface area contributed by atoms with Crippen molar-refractivity contribution >= 4 is 42.5 Å². The molecule has 0 radical (unpaired) electrons. The maximum Gasteiger partial charge on any atom is 0.232 e. The molecule has 1 heterocycles. The molecule has 1 aromatic heterocycles. The highest BCUT2D eigenvalue weighted by atomic mass is 79.9. The zero-order valence-electron chi connectivity index (χ0n) is 10.6. The van der Waals surface area contributed by atoms with Gasteiger partial charge in [-0.15, -0.1) is 0 Å². The van der Waals surface area contributed by atoms with Gasteiger partial charge >= 0.3 is 0 Å². The zero-order valence-corrected chi connectivity index (χ0v) is 13.0. The number of halogens is 1. The van der Waals surface area contributed by atoms with Crippen molar-refractivity contribution in [2.75, 3.05) is 10.5 Å². The number of aromatic nitrogens is 1. The van der Waals surface area contributed by atoms with E-state index in [-0.39, 0.29) is 5.75 Å². The molecule has 0 fully saturated rings. The van der Waals surface area contributed by atoms with Crippen molar-refractivity contribution in [2.24, 2.45) is 0 Å². The Kier molecular flexibility index (Phi) is 4.42. The summed E-state index contributed by atoms with van der Waals surface area (Å²) in [4.78, 5) is 4.25. The Morgan fingerprint density at radius 1 is 1.32 bits per heavy atom. The summed E-state index contributed by atoms with van der Waals surface area (Å²) in [5, 5.41) is 0.887. The molecule has 1 N–H and O–H groups in total. The van der Waals surface area contributed by atoms with Crippen molar-refractivity contribution in [3.8, 4) is 0 Å². The normalized spacial score (nSPS) is 11.7. The molecule has 0 saturated heterocycles. The van der Waals surface area contributed by atoms with E-state index in [1.54, 1.807) is 12.3 Å². The van der Waals surface area contributed by atoms with Gasteiger partial charge in [-0.2, -0.15) is 0 Å². The summed E-state index contributed by atoms with van der Waals surface area (Å²) in [5.74, 6) is 0.133. The van der Waals surface area contributed by atoms with Crippen LogP contribution in [-0.2, 0) is 10.0 Å². The lowest BCUT2D eigenvalue weighted by atomic mass is 10.2. The number of anilines is 1. The summed E-state index contributed by atoms with van der Waals surface area (Å²) in [6.07, 6.45) is 3.15. The molecular formula is C13H15BrN2O2S. The molecule has 0 bridgehead atoms. The van der Waals surface area contributed by atoms with Gasteiger partial charge in [0, 0.05) is 16.1 Å². The standard InChI is InChI=1S/C13H15BrN2O2S/c1-2-3-9-19(17,18)16-12-7-6-11(14)10-5-4-8-15-13(10)12/h4-8,16H,2-3,9H2,1H3. The third-order valence-corrected chi connectivity index (χ3v) is 4.80. The zero-order chi connectivity index (χ0) is 13.9. The molecular weight excluding hydrogens is 328 g/mol. The van der Waals surface area contributed by atoms with Gasteiger partial charge in [-0.3, -0.25) is 9.71 Å². The van der Waals surface area contributed by atoms with Crippen LogP contribution in [0.1, 0.15) is 19.8 Å². The lowest BCUT2D eigenvalue weighted by Gasteiger charge is -2.10. The number of sulfonamides is 1. The van der Waals surface area contributed by atoms with E-state index in [9.17, 15) is 8.42 Å². The highest BCUT2D eigenvalue weighted by Crippen LogP contribution is 2.28. The van der Waals surface area contributed by atoms with Crippen molar-refractivity contribution in [3.05, 3.63) is 34.9 Å².